The maximum absolute atomic E-state index is 14.9. The highest BCUT2D eigenvalue weighted by molar-refractivity contribution is 6.17. The molecular weight excluding hydrogens is 530 g/mol. The third-order valence-corrected chi connectivity index (χ3v) is 8.74. The quantitative estimate of drug-likeness (QED) is 0.330. The van der Waals surface area contributed by atoms with E-state index in [1.165, 1.54) is 20.4 Å². The van der Waals surface area contributed by atoms with Gasteiger partial charge in [-0.05, 0) is 59.2 Å². The van der Waals surface area contributed by atoms with Gasteiger partial charge in [-0.15, -0.1) is 0 Å². The molecule has 8 nitrogen and oxygen atoms in total. The smallest absolute Gasteiger partial charge is 0.238 e. The minimum Gasteiger partial charge on any atom is -0.497 e. The minimum atomic E-state index is -1.42. The van der Waals surface area contributed by atoms with Gasteiger partial charge in [-0.1, -0.05) is 42.5 Å². The Hall–Kier alpha value is -5.24. The fraction of sp³-hybridized carbons (Fsp3) is 0.176. The summed E-state index contributed by atoms with van der Waals surface area (Å²) in [6.45, 7) is 0. The van der Waals surface area contributed by atoms with Gasteiger partial charge >= 0.3 is 0 Å². The maximum atomic E-state index is 14.9. The van der Waals surface area contributed by atoms with E-state index in [-0.39, 0.29) is 23.0 Å². The molecule has 1 amide bonds. The van der Waals surface area contributed by atoms with Crippen molar-refractivity contribution < 1.29 is 23.9 Å². The van der Waals surface area contributed by atoms with E-state index >= 15 is 0 Å². The van der Waals surface area contributed by atoms with Crippen molar-refractivity contribution in [3.8, 4) is 11.5 Å². The largest absolute Gasteiger partial charge is 0.497 e. The zero-order valence-electron chi connectivity index (χ0n) is 23.0. The van der Waals surface area contributed by atoms with Crippen LogP contribution in [-0.4, -0.2) is 47.6 Å². The summed E-state index contributed by atoms with van der Waals surface area (Å²) >= 11 is 0. The van der Waals surface area contributed by atoms with Crippen LogP contribution in [0.1, 0.15) is 43.4 Å². The number of para-hydroxylation sites is 1. The van der Waals surface area contributed by atoms with Gasteiger partial charge in [0.2, 0.25) is 5.91 Å². The Morgan fingerprint density at radius 3 is 2.52 bits per heavy atom. The second-order valence-electron chi connectivity index (χ2n) is 10.6. The average Bonchev–Trinajstić information content (AvgIpc) is 3.52. The molecule has 0 saturated carbocycles. The molecule has 3 aromatic carbocycles. The number of benzene rings is 3. The molecule has 42 heavy (non-hydrogen) atoms. The van der Waals surface area contributed by atoms with Crippen molar-refractivity contribution in [1.29, 1.82) is 0 Å². The van der Waals surface area contributed by atoms with Crippen LogP contribution in [0, 0.1) is 5.92 Å². The molecule has 3 aliphatic heterocycles. The highest BCUT2D eigenvalue weighted by atomic mass is 16.5. The van der Waals surface area contributed by atoms with Gasteiger partial charge in [0.1, 0.15) is 23.0 Å². The molecule has 0 bridgehead atoms. The highest BCUT2D eigenvalue weighted by Gasteiger charge is 2.70. The van der Waals surface area contributed by atoms with Crippen molar-refractivity contribution in [1.82, 2.24) is 9.88 Å². The molecule has 4 aromatic rings. The summed E-state index contributed by atoms with van der Waals surface area (Å²) in [6.07, 6.45) is 6.85. The minimum absolute atomic E-state index is 0.264. The number of ketones is 2. The first kappa shape index (κ1) is 25.7. The number of hydrogen-bond acceptors (Lipinski definition) is 7. The van der Waals surface area contributed by atoms with Crippen LogP contribution in [0.2, 0.25) is 0 Å². The van der Waals surface area contributed by atoms with Crippen LogP contribution in [0.4, 0.5) is 5.69 Å². The van der Waals surface area contributed by atoms with Crippen LogP contribution in [0.3, 0.4) is 0 Å². The molecule has 3 aliphatic rings. The van der Waals surface area contributed by atoms with E-state index < -0.39 is 23.4 Å². The molecule has 208 valence electrons. The molecule has 1 fully saturated rings. The molecule has 1 N–H and O–H groups in total. The van der Waals surface area contributed by atoms with Gasteiger partial charge in [0.05, 0.1) is 31.7 Å². The van der Waals surface area contributed by atoms with Crippen molar-refractivity contribution in [3.63, 3.8) is 0 Å². The topological polar surface area (TPSA) is 97.8 Å². The van der Waals surface area contributed by atoms with Gasteiger partial charge in [-0.25, -0.2) is 0 Å². The molecule has 0 radical (unpaired) electrons. The summed E-state index contributed by atoms with van der Waals surface area (Å²) < 4.78 is 11.1. The lowest BCUT2D eigenvalue weighted by Crippen LogP contribution is -2.49. The summed E-state index contributed by atoms with van der Waals surface area (Å²) in [4.78, 5) is 50.2. The number of ether oxygens (including phenoxy) is 2. The number of carbonyl (C=O) groups is 3. The molecular formula is C34H27N3O5. The Balaban J connectivity index is 1.54. The number of rotatable bonds is 6. The Morgan fingerprint density at radius 1 is 0.929 bits per heavy atom. The van der Waals surface area contributed by atoms with Crippen molar-refractivity contribution in [3.05, 3.63) is 125 Å². The first-order chi connectivity index (χ1) is 20.5. The van der Waals surface area contributed by atoms with E-state index in [2.05, 4.69) is 10.3 Å². The lowest BCUT2D eigenvalue weighted by atomic mass is 9.62. The average molecular weight is 558 g/mol. The van der Waals surface area contributed by atoms with Crippen LogP contribution in [-0.2, 0) is 10.2 Å². The van der Waals surface area contributed by atoms with Crippen LogP contribution < -0.4 is 14.8 Å². The Bertz CT molecular complexity index is 1790. The van der Waals surface area contributed by atoms with Gasteiger partial charge in [-0.3, -0.25) is 19.4 Å². The van der Waals surface area contributed by atoms with E-state index in [0.29, 0.717) is 28.3 Å². The number of pyridine rings is 1. The Labute approximate surface area is 242 Å². The molecule has 1 aromatic heterocycles. The van der Waals surface area contributed by atoms with Crippen molar-refractivity contribution in [2.75, 3.05) is 19.5 Å². The van der Waals surface area contributed by atoms with Gasteiger partial charge in [0, 0.05) is 29.8 Å². The Kier molecular flexibility index (Phi) is 5.93. The second kappa shape index (κ2) is 9.69. The lowest BCUT2D eigenvalue weighted by molar-refractivity contribution is -0.122. The zero-order valence-corrected chi connectivity index (χ0v) is 23.0. The number of nitrogens with one attached hydrogen (secondary N) is 1. The van der Waals surface area contributed by atoms with Gasteiger partial charge < -0.3 is 19.7 Å². The van der Waals surface area contributed by atoms with Crippen molar-refractivity contribution in [2.24, 2.45) is 5.92 Å². The third kappa shape index (κ3) is 3.48. The number of methoxy groups -OCH3 is 2. The van der Waals surface area contributed by atoms with Crippen LogP contribution in [0.15, 0.2) is 97.5 Å². The second-order valence-corrected chi connectivity index (χ2v) is 10.6. The van der Waals surface area contributed by atoms with Crippen LogP contribution in [0.5, 0.6) is 11.5 Å². The summed E-state index contributed by atoms with van der Waals surface area (Å²) in [6, 6.07) is 21.9. The molecule has 0 aliphatic carbocycles. The monoisotopic (exact) mass is 557 g/mol. The number of hydrogen-bond donors (Lipinski definition) is 1. The fourth-order valence-corrected chi connectivity index (χ4v) is 7.02. The molecule has 1 spiro atoms. The summed E-state index contributed by atoms with van der Waals surface area (Å²) in [7, 11) is 3.02. The number of nitrogens with zero attached hydrogens (tertiary/aromatic N) is 2. The number of amides is 1. The number of aromatic nitrogens is 1. The van der Waals surface area contributed by atoms with E-state index in [1.54, 1.807) is 36.5 Å². The van der Waals surface area contributed by atoms with Crippen LogP contribution in [0.25, 0.3) is 6.08 Å². The molecule has 7 rings (SSSR count). The van der Waals surface area contributed by atoms with Crippen molar-refractivity contribution >= 4 is 29.2 Å². The maximum Gasteiger partial charge on any atom is 0.238 e. The molecule has 1 saturated heterocycles. The number of carbonyl (C=O) groups excluding carboxylic acids is 3. The normalized spacial score (nSPS) is 23.1. The predicted molar refractivity (Wildman–Crippen MR) is 157 cm³/mol. The van der Waals surface area contributed by atoms with Gasteiger partial charge in [0.15, 0.2) is 11.6 Å². The van der Waals surface area contributed by atoms with Crippen LogP contribution >= 0.6 is 0 Å². The number of fused-ring (bicyclic) bond motifs is 6. The van der Waals surface area contributed by atoms with E-state index in [1.807, 2.05) is 65.7 Å². The Morgan fingerprint density at radius 2 is 1.74 bits per heavy atom. The highest BCUT2D eigenvalue weighted by Crippen LogP contribution is 2.62. The molecule has 4 unspecified atom stereocenters. The third-order valence-electron chi connectivity index (χ3n) is 8.74. The first-order valence-corrected chi connectivity index (χ1v) is 13.7. The predicted octanol–water partition coefficient (Wildman–Crippen LogP) is 5.08. The first-order valence-electron chi connectivity index (χ1n) is 13.7. The van der Waals surface area contributed by atoms with E-state index in [0.717, 1.165) is 11.1 Å². The summed E-state index contributed by atoms with van der Waals surface area (Å²) in [5.41, 5.74) is 2.28. The van der Waals surface area contributed by atoms with E-state index in [4.69, 9.17) is 9.47 Å². The fourth-order valence-electron chi connectivity index (χ4n) is 7.02. The lowest BCUT2D eigenvalue weighted by Gasteiger charge is -2.38. The van der Waals surface area contributed by atoms with Gasteiger partial charge in [-0.2, -0.15) is 0 Å². The zero-order chi connectivity index (χ0) is 29.0. The van der Waals surface area contributed by atoms with Crippen molar-refractivity contribution in [2.45, 2.75) is 17.5 Å². The summed E-state index contributed by atoms with van der Waals surface area (Å²) in [5.74, 6) is -1.29. The van der Waals surface area contributed by atoms with E-state index in [9.17, 15) is 14.4 Å². The standard InChI is InChI=1S/C34H27N3O5/c1-41-22-13-14-27(42-2)24(18-22)31(39)29-28(30(38)21-9-7-16-35-19-21)34(25-11-5-6-12-26(25)36-33(34)40)32-23-10-4-3-8-20(23)15-17-37(29)32/h3-19,28-29,32H,1-2H3,(H,36,40). The number of anilines is 1. The molecule has 8 heteroatoms. The number of Topliss-reactive ketones (excluding diaryl/α,β-unsaturated/α-hetero) is 2. The summed E-state index contributed by atoms with van der Waals surface area (Å²) in [5, 5.41) is 3.06. The molecule has 4 heterocycles. The SMILES string of the molecule is COc1ccc(OC)c(C(=O)C2C(C(=O)c3cccnc3)C3(C(=O)Nc4ccccc43)C3c4ccccc4C=CN23)c1. The van der Waals surface area contributed by atoms with Gasteiger partial charge in [0.25, 0.3) is 0 Å². The molecule has 4 atom stereocenters.